The number of carbonyl (C=O) groups is 1. The van der Waals surface area contributed by atoms with Crippen LogP contribution >= 0.6 is 23.4 Å². The van der Waals surface area contributed by atoms with E-state index in [4.69, 9.17) is 11.6 Å². The predicted octanol–water partition coefficient (Wildman–Crippen LogP) is 3.41. The number of rotatable bonds is 4. The minimum Gasteiger partial charge on any atom is -0.322 e. The highest BCUT2D eigenvalue weighted by molar-refractivity contribution is 8.00. The maximum absolute atomic E-state index is 12.6. The average Bonchev–Trinajstić information content (AvgIpc) is 2.62. The highest BCUT2D eigenvalue weighted by Crippen LogP contribution is 2.24. The molecule has 134 valence electrons. The molecule has 1 amide bonds. The van der Waals surface area contributed by atoms with E-state index in [0.29, 0.717) is 21.7 Å². The lowest BCUT2D eigenvalue weighted by atomic mass is 10.2. The summed E-state index contributed by atoms with van der Waals surface area (Å²) in [7, 11) is 1.65. The summed E-state index contributed by atoms with van der Waals surface area (Å²) in [6.07, 6.45) is 1.55. The summed E-state index contributed by atoms with van der Waals surface area (Å²) in [5.74, 6) is -0.247. The number of halogens is 1. The third-order valence-corrected chi connectivity index (χ3v) is 5.30. The molecule has 8 heteroatoms. The first-order valence-electron chi connectivity index (χ1n) is 7.92. The second-order valence-electron chi connectivity index (χ2n) is 5.87. The molecule has 0 saturated heterocycles. The van der Waals surface area contributed by atoms with E-state index < -0.39 is 5.25 Å². The molecule has 1 unspecified atom stereocenters. The zero-order valence-corrected chi connectivity index (χ0v) is 16.1. The number of fused-ring (bicyclic) bond motifs is 1. The van der Waals surface area contributed by atoms with Gasteiger partial charge in [0.25, 0.3) is 5.56 Å². The number of anilines is 1. The van der Waals surface area contributed by atoms with Gasteiger partial charge in [-0.15, -0.1) is 0 Å². The molecule has 0 bridgehead atoms. The van der Waals surface area contributed by atoms with Crippen molar-refractivity contribution in [3.63, 3.8) is 0 Å². The average molecular weight is 389 g/mol. The Hall–Kier alpha value is -2.38. The number of benzene rings is 1. The zero-order chi connectivity index (χ0) is 18.8. The normalized spacial score (nSPS) is 12.2. The number of hydrogen-bond acceptors (Lipinski definition) is 5. The minimum absolute atomic E-state index is 0.135. The van der Waals surface area contributed by atoms with Crippen LogP contribution in [-0.2, 0) is 11.8 Å². The van der Waals surface area contributed by atoms with Crippen molar-refractivity contribution in [2.75, 3.05) is 5.32 Å². The SMILES string of the molecule is Cc1ccc2nc(SC(C)C(=O)Nc3cccnc3Cl)n(C)c(=O)c2c1. The van der Waals surface area contributed by atoms with Crippen LogP contribution in [0, 0.1) is 6.92 Å². The van der Waals surface area contributed by atoms with Gasteiger partial charge in [-0.1, -0.05) is 35.0 Å². The Morgan fingerprint density at radius 2 is 2.12 bits per heavy atom. The highest BCUT2D eigenvalue weighted by Gasteiger charge is 2.19. The molecule has 0 aliphatic heterocycles. The van der Waals surface area contributed by atoms with Gasteiger partial charge in [0.15, 0.2) is 10.3 Å². The quantitative estimate of drug-likeness (QED) is 0.421. The summed E-state index contributed by atoms with van der Waals surface area (Å²) in [5, 5.41) is 3.53. The van der Waals surface area contributed by atoms with E-state index >= 15 is 0 Å². The topological polar surface area (TPSA) is 76.9 Å². The molecule has 26 heavy (non-hydrogen) atoms. The van der Waals surface area contributed by atoms with Crippen molar-refractivity contribution in [3.05, 3.63) is 57.6 Å². The van der Waals surface area contributed by atoms with Gasteiger partial charge < -0.3 is 5.32 Å². The molecule has 0 fully saturated rings. The first-order chi connectivity index (χ1) is 12.4. The molecule has 0 saturated carbocycles. The van der Waals surface area contributed by atoms with Crippen LogP contribution in [0.1, 0.15) is 12.5 Å². The molecule has 0 radical (unpaired) electrons. The van der Waals surface area contributed by atoms with Crippen LogP contribution in [0.3, 0.4) is 0 Å². The number of aromatic nitrogens is 3. The number of carbonyl (C=O) groups excluding carboxylic acids is 1. The van der Waals surface area contributed by atoms with Crippen LogP contribution in [0.4, 0.5) is 5.69 Å². The molecular formula is C18H17ClN4O2S. The lowest BCUT2D eigenvalue weighted by molar-refractivity contribution is -0.115. The lowest BCUT2D eigenvalue weighted by Crippen LogP contribution is -2.25. The number of nitrogens with zero attached hydrogens (tertiary/aromatic N) is 3. The molecule has 2 heterocycles. The van der Waals surface area contributed by atoms with Crippen LogP contribution in [-0.4, -0.2) is 25.7 Å². The summed E-state index contributed by atoms with van der Waals surface area (Å²) < 4.78 is 1.47. The fourth-order valence-electron chi connectivity index (χ4n) is 2.39. The second-order valence-corrected chi connectivity index (χ2v) is 7.54. The molecule has 1 N–H and O–H groups in total. The number of amides is 1. The first kappa shape index (κ1) is 18.4. The van der Waals surface area contributed by atoms with E-state index in [2.05, 4.69) is 15.3 Å². The van der Waals surface area contributed by atoms with E-state index in [1.165, 1.54) is 16.3 Å². The van der Waals surface area contributed by atoms with Gasteiger partial charge >= 0.3 is 0 Å². The fourth-order valence-corrected chi connectivity index (χ4v) is 3.44. The van der Waals surface area contributed by atoms with Gasteiger partial charge in [0.1, 0.15) is 0 Å². The van der Waals surface area contributed by atoms with E-state index in [1.54, 1.807) is 32.3 Å². The van der Waals surface area contributed by atoms with Gasteiger partial charge in [-0.05, 0) is 38.1 Å². The second kappa shape index (κ2) is 7.47. The summed E-state index contributed by atoms with van der Waals surface area (Å²) in [4.78, 5) is 33.5. The van der Waals surface area contributed by atoms with Crippen LogP contribution in [0.15, 0.2) is 46.5 Å². The van der Waals surface area contributed by atoms with Crippen molar-refractivity contribution in [2.45, 2.75) is 24.3 Å². The Kier molecular flexibility index (Phi) is 5.29. The van der Waals surface area contributed by atoms with Gasteiger partial charge in [-0.25, -0.2) is 9.97 Å². The molecule has 3 aromatic rings. The zero-order valence-electron chi connectivity index (χ0n) is 14.5. The summed E-state index contributed by atoms with van der Waals surface area (Å²) in [6, 6.07) is 8.91. The third kappa shape index (κ3) is 3.73. The number of nitrogens with one attached hydrogen (secondary N) is 1. The van der Waals surface area contributed by atoms with Gasteiger partial charge in [-0.2, -0.15) is 0 Å². The molecule has 6 nitrogen and oxygen atoms in total. The van der Waals surface area contributed by atoms with E-state index in [-0.39, 0.29) is 16.6 Å². The number of aryl methyl sites for hydroxylation is 1. The standard InChI is InChI=1S/C18H17ClN4O2S/c1-10-6-7-13-12(9-10)17(25)23(3)18(22-13)26-11(2)16(24)21-14-5-4-8-20-15(14)19/h4-9,11H,1-3H3,(H,21,24). The van der Waals surface area contributed by atoms with Gasteiger partial charge in [0.2, 0.25) is 5.91 Å². The Labute approximate surface area is 159 Å². The number of hydrogen-bond donors (Lipinski definition) is 1. The molecule has 3 rings (SSSR count). The Morgan fingerprint density at radius 1 is 1.35 bits per heavy atom. The lowest BCUT2D eigenvalue weighted by Gasteiger charge is -2.14. The van der Waals surface area contributed by atoms with Gasteiger partial charge in [0.05, 0.1) is 21.8 Å². The van der Waals surface area contributed by atoms with Crippen molar-refractivity contribution in [1.29, 1.82) is 0 Å². The van der Waals surface area contributed by atoms with E-state index in [0.717, 1.165) is 5.56 Å². The van der Waals surface area contributed by atoms with E-state index in [1.807, 2.05) is 25.1 Å². The molecule has 0 aliphatic carbocycles. The number of pyridine rings is 1. The number of thioether (sulfide) groups is 1. The van der Waals surface area contributed by atoms with E-state index in [9.17, 15) is 9.59 Å². The largest absolute Gasteiger partial charge is 0.322 e. The molecule has 0 aliphatic rings. The molecular weight excluding hydrogens is 372 g/mol. The molecule has 1 atom stereocenters. The fraction of sp³-hybridized carbons (Fsp3) is 0.222. The Balaban J connectivity index is 1.85. The first-order valence-corrected chi connectivity index (χ1v) is 9.18. The molecule has 1 aromatic carbocycles. The van der Waals surface area contributed by atoms with Crippen LogP contribution in [0.25, 0.3) is 10.9 Å². The van der Waals surface area contributed by atoms with Crippen molar-refractivity contribution in [1.82, 2.24) is 14.5 Å². The maximum atomic E-state index is 12.6. The van der Waals surface area contributed by atoms with Crippen molar-refractivity contribution < 1.29 is 4.79 Å². The van der Waals surface area contributed by atoms with Crippen LogP contribution in [0.5, 0.6) is 0 Å². The summed E-state index contributed by atoms with van der Waals surface area (Å²) in [5.41, 5.74) is 1.92. The summed E-state index contributed by atoms with van der Waals surface area (Å²) >= 11 is 7.18. The van der Waals surface area contributed by atoms with Crippen LogP contribution in [0.2, 0.25) is 5.15 Å². The maximum Gasteiger partial charge on any atom is 0.261 e. The Bertz CT molecular complexity index is 1050. The third-order valence-electron chi connectivity index (χ3n) is 3.86. The summed E-state index contributed by atoms with van der Waals surface area (Å²) in [6.45, 7) is 3.67. The van der Waals surface area contributed by atoms with Gasteiger partial charge in [-0.3, -0.25) is 14.2 Å². The van der Waals surface area contributed by atoms with Crippen LogP contribution < -0.4 is 10.9 Å². The Morgan fingerprint density at radius 3 is 2.85 bits per heavy atom. The monoisotopic (exact) mass is 388 g/mol. The molecule has 2 aromatic heterocycles. The smallest absolute Gasteiger partial charge is 0.261 e. The minimum atomic E-state index is -0.479. The van der Waals surface area contributed by atoms with Gasteiger partial charge in [0, 0.05) is 13.2 Å². The van der Waals surface area contributed by atoms with Crippen molar-refractivity contribution in [2.24, 2.45) is 7.05 Å². The molecule has 0 spiro atoms. The predicted molar refractivity (Wildman–Crippen MR) is 105 cm³/mol. The van der Waals surface area contributed by atoms with Crippen molar-refractivity contribution >= 4 is 45.9 Å². The highest BCUT2D eigenvalue weighted by atomic mass is 35.5. The van der Waals surface area contributed by atoms with Crippen molar-refractivity contribution in [3.8, 4) is 0 Å².